The van der Waals surface area contributed by atoms with Gasteiger partial charge in [-0.25, -0.2) is 4.98 Å². The molecule has 3 rings (SSSR count). The lowest BCUT2D eigenvalue weighted by molar-refractivity contribution is 0.137. The fourth-order valence-corrected chi connectivity index (χ4v) is 2.59. The molecule has 0 radical (unpaired) electrons. The average Bonchev–Trinajstić information content (AvgIpc) is 2.76. The van der Waals surface area contributed by atoms with E-state index < -0.39 is 0 Å². The van der Waals surface area contributed by atoms with Crippen molar-refractivity contribution in [3.8, 4) is 0 Å². The zero-order valence-electron chi connectivity index (χ0n) is 11.0. The molecule has 1 aliphatic heterocycles. The Balaban J connectivity index is 1.78. The van der Waals surface area contributed by atoms with E-state index in [2.05, 4.69) is 45.8 Å². The minimum absolute atomic E-state index is 0.568. The summed E-state index contributed by atoms with van der Waals surface area (Å²) >= 11 is 0. The minimum Gasteiger partial charge on any atom is -0.311 e. The summed E-state index contributed by atoms with van der Waals surface area (Å²) in [7, 11) is 0. The maximum absolute atomic E-state index is 4.67. The van der Waals surface area contributed by atoms with Crippen LogP contribution in [-0.2, 0) is 6.54 Å². The van der Waals surface area contributed by atoms with Crippen LogP contribution in [0.4, 0.5) is 0 Å². The fraction of sp³-hybridized carbons (Fsp3) is 0.500. The lowest BCUT2D eigenvalue weighted by Crippen LogP contribution is -2.53. The van der Waals surface area contributed by atoms with Crippen LogP contribution in [0.3, 0.4) is 0 Å². The molecule has 2 atom stereocenters. The zero-order chi connectivity index (χ0) is 12.5. The van der Waals surface area contributed by atoms with E-state index in [0.29, 0.717) is 12.1 Å². The van der Waals surface area contributed by atoms with E-state index >= 15 is 0 Å². The predicted octanol–water partition coefficient (Wildman–Crippen LogP) is 1.52. The third-order valence-corrected chi connectivity index (χ3v) is 3.67. The Morgan fingerprint density at radius 1 is 1.39 bits per heavy atom. The molecule has 0 saturated carbocycles. The van der Waals surface area contributed by atoms with Crippen LogP contribution in [0.2, 0.25) is 0 Å². The molecule has 0 aromatic carbocycles. The fourth-order valence-electron chi connectivity index (χ4n) is 2.59. The summed E-state index contributed by atoms with van der Waals surface area (Å²) in [6.45, 7) is 7.61. The quantitative estimate of drug-likeness (QED) is 0.869. The molecule has 96 valence electrons. The van der Waals surface area contributed by atoms with Gasteiger partial charge in [0.1, 0.15) is 5.65 Å². The second-order valence-electron chi connectivity index (χ2n) is 5.29. The van der Waals surface area contributed by atoms with Gasteiger partial charge < -0.3 is 9.72 Å². The first-order chi connectivity index (χ1) is 8.72. The van der Waals surface area contributed by atoms with Crippen LogP contribution in [0.25, 0.3) is 5.65 Å². The van der Waals surface area contributed by atoms with Crippen LogP contribution in [-0.4, -0.2) is 39.5 Å². The molecule has 0 spiro atoms. The first-order valence-electron chi connectivity index (χ1n) is 6.62. The van der Waals surface area contributed by atoms with Crippen LogP contribution in [0.15, 0.2) is 30.6 Å². The number of hydrogen-bond acceptors (Lipinski definition) is 3. The van der Waals surface area contributed by atoms with Crippen molar-refractivity contribution in [2.75, 3.05) is 13.1 Å². The number of nitrogens with one attached hydrogen (secondary N) is 1. The van der Waals surface area contributed by atoms with Crippen molar-refractivity contribution in [2.45, 2.75) is 32.5 Å². The van der Waals surface area contributed by atoms with Crippen molar-refractivity contribution in [3.63, 3.8) is 0 Å². The molecule has 1 N–H and O–H groups in total. The molecule has 4 heteroatoms. The van der Waals surface area contributed by atoms with Gasteiger partial charge in [-0.3, -0.25) is 4.90 Å². The highest BCUT2D eigenvalue weighted by atomic mass is 15.2. The van der Waals surface area contributed by atoms with E-state index in [4.69, 9.17) is 0 Å². The molecule has 1 aliphatic rings. The number of hydrogen-bond donors (Lipinski definition) is 1. The van der Waals surface area contributed by atoms with Gasteiger partial charge in [-0.15, -0.1) is 0 Å². The summed E-state index contributed by atoms with van der Waals surface area (Å²) < 4.78 is 2.09. The summed E-state index contributed by atoms with van der Waals surface area (Å²) in [6.07, 6.45) is 4.18. The number of piperazine rings is 1. The third kappa shape index (κ3) is 2.26. The molecule has 1 fully saturated rings. The number of rotatable bonds is 2. The van der Waals surface area contributed by atoms with Gasteiger partial charge in [-0.1, -0.05) is 6.07 Å². The molecule has 2 aromatic heterocycles. The standard InChI is InChI=1S/C14H20N4/c1-11-8-18(12(2)7-15-11)10-13-9-17-6-4-3-5-14(17)16-13/h3-6,9,11-12,15H,7-8,10H2,1-2H3. The Morgan fingerprint density at radius 2 is 2.28 bits per heavy atom. The molecule has 18 heavy (non-hydrogen) atoms. The highest BCUT2D eigenvalue weighted by Gasteiger charge is 2.22. The summed E-state index contributed by atoms with van der Waals surface area (Å²) in [5.41, 5.74) is 2.19. The molecule has 4 nitrogen and oxygen atoms in total. The molecule has 3 heterocycles. The van der Waals surface area contributed by atoms with Gasteiger partial charge in [0.05, 0.1) is 5.69 Å². The SMILES string of the molecule is CC1CN(Cc2cn3ccccc3n2)C(C)CN1. The molecule has 0 bridgehead atoms. The van der Waals surface area contributed by atoms with Crippen molar-refractivity contribution in [3.05, 3.63) is 36.3 Å². The first-order valence-corrected chi connectivity index (χ1v) is 6.62. The molecule has 0 amide bonds. The second kappa shape index (κ2) is 4.71. The number of pyridine rings is 1. The lowest BCUT2D eigenvalue weighted by atomic mass is 10.1. The Morgan fingerprint density at radius 3 is 3.11 bits per heavy atom. The smallest absolute Gasteiger partial charge is 0.137 e. The highest BCUT2D eigenvalue weighted by Crippen LogP contribution is 2.12. The summed E-state index contributed by atoms with van der Waals surface area (Å²) in [5.74, 6) is 0. The minimum atomic E-state index is 0.568. The second-order valence-corrected chi connectivity index (χ2v) is 5.29. The van der Waals surface area contributed by atoms with Gasteiger partial charge in [-0.2, -0.15) is 0 Å². The van der Waals surface area contributed by atoms with Crippen LogP contribution in [0, 0.1) is 0 Å². The predicted molar refractivity (Wildman–Crippen MR) is 72.5 cm³/mol. The first kappa shape index (κ1) is 11.7. The number of fused-ring (bicyclic) bond motifs is 1. The van der Waals surface area contributed by atoms with E-state index in [0.717, 1.165) is 31.0 Å². The van der Waals surface area contributed by atoms with Crippen LogP contribution < -0.4 is 5.32 Å². The maximum atomic E-state index is 4.67. The molecule has 1 saturated heterocycles. The topological polar surface area (TPSA) is 32.6 Å². The highest BCUT2D eigenvalue weighted by molar-refractivity contribution is 5.39. The Kier molecular flexibility index (Phi) is 3.06. The maximum Gasteiger partial charge on any atom is 0.137 e. The van der Waals surface area contributed by atoms with E-state index in [-0.39, 0.29) is 0 Å². The average molecular weight is 244 g/mol. The van der Waals surface area contributed by atoms with Crippen molar-refractivity contribution in [2.24, 2.45) is 0 Å². The molecular weight excluding hydrogens is 224 g/mol. The van der Waals surface area contributed by atoms with Gasteiger partial charge in [0.15, 0.2) is 0 Å². The van der Waals surface area contributed by atoms with E-state index in [1.165, 1.54) is 0 Å². The van der Waals surface area contributed by atoms with Crippen molar-refractivity contribution >= 4 is 5.65 Å². The Labute approximate surface area is 108 Å². The molecular formula is C14H20N4. The number of aromatic nitrogens is 2. The van der Waals surface area contributed by atoms with Gasteiger partial charge >= 0.3 is 0 Å². The monoisotopic (exact) mass is 244 g/mol. The van der Waals surface area contributed by atoms with Gasteiger partial charge in [-0.05, 0) is 26.0 Å². The van der Waals surface area contributed by atoms with Gasteiger partial charge in [0.2, 0.25) is 0 Å². The molecule has 2 aromatic rings. The zero-order valence-corrected chi connectivity index (χ0v) is 11.0. The normalized spacial score (nSPS) is 25.7. The van der Waals surface area contributed by atoms with E-state index in [1.54, 1.807) is 0 Å². The summed E-state index contributed by atoms with van der Waals surface area (Å²) in [6, 6.07) is 7.26. The number of imidazole rings is 1. The largest absolute Gasteiger partial charge is 0.311 e. The Bertz CT molecular complexity index is 500. The van der Waals surface area contributed by atoms with Gasteiger partial charge in [0, 0.05) is 44.1 Å². The van der Waals surface area contributed by atoms with Crippen LogP contribution in [0.1, 0.15) is 19.5 Å². The van der Waals surface area contributed by atoms with E-state index in [9.17, 15) is 0 Å². The molecule has 0 aliphatic carbocycles. The van der Waals surface area contributed by atoms with E-state index in [1.807, 2.05) is 18.2 Å². The molecule has 2 unspecified atom stereocenters. The summed E-state index contributed by atoms with van der Waals surface area (Å²) in [5, 5.41) is 3.51. The van der Waals surface area contributed by atoms with Crippen LogP contribution >= 0.6 is 0 Å². The lowest BCUT2D eigenvalue weighted by Gasteiger charge is -2.37. The van der Waals surface area contributed by atoms with Crippen molar-refractivity contribution < 1.29 is 0 Å². The van der Waals surface area contributed by atoms with Gasteiger partial charge in [0.25, 0.3) is 0 Å². The Hall–Kier alpha value is -1.39. The number of nitrogens with zero attached hydrogens (tertiary/aromatic N) is 3. The van der Waals surface area contributed by atoms with Crippen molar-refractivity contribution in [1.82, 2.24) is 19.6 Å². The third-order valence-electron chi connectivity index (χ3n) is 3.67. The summed E-state index contributed by atoms with van der Waals surface area (Å²) in [4.78, 5) is 7.17. The van der Waals surface area contributed by atoms with Crippen molar-refractivity contribution in [1.29, 1.82) is 0 Å². The van der Waals surface area contributed by atoms with Crippen LogP contribution in [0.5, 0.6) is 0 Å².